The Bertz CT molecular complexity index is 2120. The molecule has 69 heavy (non-hydrogen) atoms. The van der Waals surface area contributed by atoms with E-state index in [-0.39, 0.29) is 58.6 Å². The predicted molar refractivity (Wildman–Crippen MR) is 259 cm³/mol. The van der Waals surface area contributed by atoms with Gasteiger partial charge in [-0.25, -0.2) is 9.78 Å². The lowest BCUT2D eigenvalue weighted by Gasteiger charge is -2.23. The van der Waals surface area contributed by atoms with Gasteiger partial charge in [0.25, 0.3) is 0 Å². The molecule has 3 aromatic carbocycles. The van der Waals surface area contributed by atoms with Crippen LogP contribution in [0, 0.1) is 38.5 Å². The summed E-state index contributed by atoms with van der Waals surface area (Å²) in [7, 11) is 0. The Labute approximate surface area is 406 Å². The van der Waals surface area contributed by atoms with Crippen molar-refractivity contribution in [1.82, 2.24) is 14.5 Å². The second-order valence-corrected chi connectivity index (χ2v) is 18.0. The summed E-state index contributed by atoms with van der Waals surface area (Å²) in [5.41, 5.74) is 6.75. The fourth-order valence-electron chi connectivity index (χ4n) is 7.12. The lowest BCUT2D eigenvalue weighted by molar-refractivity contribution is -0.169. The summed E-state index contributed by atoms with van der Waals surface area (Å²) in [6.07, 6.45) is 5.97. The molecule has 0 saturated heterocycles. The quantitative estimate of drug-likeness (QED) is 0.0409. The number of benzene rings is 3. The number of esters is 5. The average Bonchev–Trinajstić information content (AvgIpc) is 3.89. The summed E-state index contributed by atoms with van der Waals surface area (Å²) in [6, 6.07) is 23.8. The molecule has 374 valence electrons. The zero-order valence-corrected chi connectivity index (χ0v) is 41.1. The Morgan fingerprint density at radius 3 is 1.28 bits per heavy atom. The number of aliphatic hydroxyl groups is 1. The van der Waals surface area contributed by atoms with Gasteiger partial charge in [0.05, 0.1) is 24.4 Å². The summed E-state index contributed by atoms with van der Waals surface area (Å²) in [5, 5.41) is 9.85. The summed E-state index contributed by atoms with van der Waals surface area (Å²) < 4.78 is 29.0. The van der Waals surface area contributed by atoms with Crippen LogP contribution >= 0.6 is 0 Å². The van der Waals surface area contributed by atoms with E-state index >= 15 is 0 Å². The topological polar surface area (TPSA) is 190 Å². The molecule has 0 aliphatic heterocycles. The number of hydrogen-bond acceptors (Lipinski definition) is 13. The van der Waals surface area contributed by atoms with Crippen molar-refractivity contribution in [2.45, 2.75) is 118 Å². The molecule has 0 fully saturated rings. The van der Waals surface area contributed by atoms with Gasteiger partial charge in [-0.05, 0) is 88.8 Å². The molecule has 4 rings (SSSR count). The van der Waals surface area contributed by atoms with Crippen LogP contribution in [0.3, 0.4) is 0 Å². The normalized spacial score (nSPS) is 13.3. The van der Waals surface area contributed by atoms with Gasteiger partial charge in [-0.1, -0.05) is 110 Å². The predicted octanol–water partition coefficient (Wildman–Crippen LogP) is 7.89. The molecule has 0 aliphatic carbocycles. The van der Waals surface area contributed by atoms with Crippen LogP contribution in [0.5, 0.6) is 0 Å². The average molecular weight is 954 g/mol. The molecule has 4 aromatic rings. The van der Waals surface area contributed by atoms with E-state index in [1.165, 1.54) is 28.2 Å². The highest BCUT2D eigenvalue weighted by molar-refractivity contribution is 5.77. The lowest BCUT2D eigenvalue weighted by atomic mass is 10.0. The molecule has 1 amide bonds. The van der Waals surface area contributed by atoms with E-state index in [1.807, 2.05) is 93.6 Å². The van der Waals surface area contributed by atoms with Crippen LogP contribution in [-0.2, 0) is 66.9 Å². The van der Waals surface area contributed by atoms with Crippen molar-refractivity contribution in [3.63, 3.8) is 0 Å². The van der Waals surface area contributed by atoms with Crippen molar-refractivity contribution in [2.24, 2.45) is 17.8 Å². The summed E-state index contributed by atoms with van der Waals surface area (Å²) in [6.45, 7) is 10.1. The molecule has 0 radical (unpaired) electrons. The molecule has 0 saturated carbocycles. The van der Waals surface area contributed by atoms with Crippen LogP contribution in [0.15, 0.2) is 91.5 Å². The molecule has 1 aromatic heterocycles. The second-order valence-electron chi connectivity index (χ2n) is 18.0. The minimum Gasteiger partial charge on any atom is -0.461 e. The fraction of sp³-hybridized carbons (Fsp3) is 0.500. The number of aliphatic hydroxyl groups excluding tert-OH is 1. The van der Waals surface area contributed by atoms with E-state index in [0.29, 0.717) is 38.5 Å². The number of imidazole rings is 1. The number of aromatic nitrogens is 2. The van der Waals surface area contributed by atoms with Crippen LogP contribution < -0.4 is 0 Å². The van der Waals surface area contributed by atoms with Crippen molar-refractivity contribution in [3.05, 3.63) is 125 Å². The molecule has 15 nitrogen and oxygen atoms in total. The Balaban J connectivity index is 1.26. The maximum absolute atomic E-state index is 13.4. The minimum absolute atomic E-state index is 0.101. The molecular weight excluding hydrogens is 883 g/mol. The third-order valence-electron chi connectivity index (χ3n) is 11.8. The Morgan fingerprint density at radius 2 is 0.928 bits per heavy atom. The first kappa shape index (κ1) is 55.2. The number of nitrogens with zero attached hydrogens (tertiary/aromatic N) is 3. The highest BCUT2D eigenvalue weighted by Gasteiger charge is 2.25. The molecular formula is C54H71N3O12. The van der Waals surface area contributed by atoms with E-state index in [0.717, 1.165) is 33.4 Å². The van der Waals surface area contributed by atoms with Gasteiger partial charge in [-0.15, -0.1) is 0 Å². The first-order chi connectivity index (χ1) is 33.1. The third kappa shape index (κ3) is 20.8. The number of carbonyl (C=O) groups excluding carboxylic acids is 6. The number of carbonyl (C=O) groups is 6. The van der Waals surface area contributed by atoms with Crippen LogP contribution in [-0.4, -0.2) is 107 Å². The number of aryl methyl sites for hydroxylation is 6. The summed E-state index contributed by atoms with van der Waals surface area (Å²) in [5.74, 6) is -3.98. The molecule has 0 spiro atoms. The fourth-order valence-corrected chi connectivity index (χ4v) is 7.12. The molecule has 4 unspecified atom stereocenters. The first-order valence-corrected chi connectivity index (χ1v) is 24.0. The zero-order chi connectivity index (χ0) is 50.1. The highest BCUT2D eigenvalue weighted by atomic mass is 16.6. The highest BCUT2D eigenvalue weighted by Crippen LogP contribution is 2.17. The van der Waals surface area contributed by atoms with E-state index in [9.17, 15) is 33.9 Å². The standard InChI is InChI=1S/C54H71N3O12/c1-38-11-20-44(21-12-38)26-17-41(4)51(61)65-34-47(33-58)68-49(59)9-7-30-56(54(64)57-32-29-55-37-57)31-8-10-50(60)69-48(35-66-52(62)42(5)18-27-45-22-13-39(2)14-23-45)36-67-53(63)43(6)19-28-46-24-15-40(3)16-25-46/h11-16,20-25,29,32,37,41-43,47-48,58H,7-10,17-19,26-28,30-31,33-36H2,1-6H3. The lowest BCUT2D eigenvalue weighted by Crippen LogP contribution is -2.37. The largest absolute Gasteiger partial charge is 0.461 e. The Kier molecular flexibility index (Phi) is 23.6. The van der Waals surface area contributed by atoms with Gasteiger partial charge in [0.1, 0.15) is 26.1 Å². The van der Waals surface area contributed by atoms with E-state index in [1.54, 1.807) is 20.8 Å². The smallest absolute Gasteiger partial charge is 0.329 e. The molecule has 15 heteroatoms. The SMILES string of the molecule is Cc1ccc(CCC(C)C(=O)OCC(CO)OC(=O)CCCN(CCCC(=O)OC(COC(=O)C(C)CCc2ccc(C)cc2)COC(=O)C(C)CCc2ccc(C)cc2)C(=O)n2ccnc2)cc1. The molecule has 1 heterocycles. The molecule has 1 N–H and O–H groups in total. The summed E-state index contributed by atoms with van der Waals surface area (Å²) >= 11 is 0. The Hall–Kier alpha value is -6.35. The number of ether oxygens (including phenoxy) is 5. The van der Waals surface area contributed by atoms with Crippen molar-refractivity contribution in [1.29, 1.82) is 0 Å². The third-order valence-corrected chi connectivity index (χ3v) is 11.8. The number of rotatable bonds is 29. The van der Waals surface area contributed by atoms with E-state index < -0.39 is 72.4 Å². The van der Waals surface area contributed by atoms with Gasteiger partial charge < -0.3 is 33.7 Å². The van der Waals surface area contributed by atoms with E-state index in [2.05, 4.69) is 4.98 Å². The van der Waals surface area contributed by atoms with Crippen LogP contribution in [0.4, 0.5) is 4.79 Å². The van der Waals surface area contributed by atoms with Gasteiger partial charge in [0.15, 0.2) is 12.2 Å². The van der Waals surface area contributed by atoms with Crippen molar-refractivity contribution in [2.75, 3.05) is 39.5 Å². The zero-order valence-electron chi connectivity index (χ0n) is 41.1. The van der Waals surface area contributed by atoms with Crippen LogP contribution in [0.25, 0.3) is 0 Å². The maximum Gasteiger partial charge on any atom is 0.329 e. The summed E-state index contributed by atoms with van der Waals surface area (Å²) in [4.78, 5) is 83.7. The van der Waals surface area contributed by atoms with Crippen LogP contribution in [0.1, 0.15) is 99.1 Å². The minimum atomic E-state index is -1.08. The second kappa shape index (κ2) is 29.5. The monoisotopic (exact) mass is 954 g/mol. The van der Waals surface area contributed by atoms with E-state index in [4.69, 9.17) is 23.7 Å². The molecule has 4 atom stereocenters. The van der Waals surface area contributed by atoms with Gasteiger partial charge in [-0.3, -0.25) is 28.5 Å². The molecule has 0 aliphatic rings. The van der Waals surface area contributed by atoms with Crippen LogP contribution in [0.2, 0.25) is 0 Å². The molecule has 0 bridgehead atoms. The van der Waals surface area contributed by atoms with Gasteiger partial charge in [0.2, 0.25) is 0 Å². The Morgan fingerprint density at radius 1 is 0.565 bits per heavy atom. The van der Waals surface area contributed by atoms with Crippen molar-refractivity contribution in [3.8, 4) is 0 Å². The first-order valence-electron chi connectivity index (χ1n) is 24.0. The van der Waals surface area contributed by atoms with Gasteiger partial charge in [-0.2, -0.15) is 0 Å². The number of amides is 1. The van der Waals surface area contributed by atoms with Gasteiger partial charge >= 0.3 is 35.9 Å². The van der Waals surface area contributed by atoms with Gasteiger partial charge in [0, 0.05) is 38.3 Å². The van der Waals surface area contributed by atoms with Crippen molar-refractivity contribution < 1.29 is 57.6 Å². The van der Waals surface area contributed by atoms with Crippen molar-refractivity contribution >= 4 is 35.9 Å². The number of hydrogen-bond donors (Lipinski definition) is 1. The maximum atomic E-state index is 13.4.